The number of rotatable bonds is 16. The van der Waals surface area contributed by atoms with Crippen LogP contribution in [0.25, 0.3) is 0 Å². The molecular weight excluding hydrogens is 764 g/mol. The van der Waals surface area contributed by atoms with Crippen molar-refractivity contribution in [3.8, 4) is 0 Å². The quantitative estimate of drug-likeness (QED) is 0.119. The third kappa shape index (κ3) is 10.1. The Morgan fingerprint density at radius 1 is 0.571 bits per heavy atom. The Labute approximate surface area is 298 Å². The molecule has 0 radical (unpaired) electrons. The van der Waals surface area contributed by atoms with E-state index in [2.05, 4.69) is 0 Å². The maximum atomic E-state index is 14.3. The van der Waals surface area contributed by atoms with Crippen LogP contribution in [0.1, 0.15) is 57.5 Å². The second kappa shape index (κ2) is 15.9. The standard InChI is InChI=1S/C31H36Cl2O12S4/c1-19(2)16-43-47(37,38)24-9-12-28(30(15-24)49(41,42)45-18-21(5)6)46(35,36)27-11-7-22(13-29(27)48(39,40)44-17-20(3)4)31(34)25-14-23(32)8-10-26(25)33/h7-15,19-21H,16-18H2,1-6H3. The summed E-state index contributed by atoms with van der Waals surface area (Å²) < 4.78 is 124. The monoisotopic (exact) mass is 798 g/mol. The van der Waals surface area contributed by atoms with E-state index in [1.807, 2.05) is 0 Å². The highest BCUT2D eigenvalue weighted by Gasteiger charge is 2.36. The minimum atomic E-state index is -5.17. The summed E-state index contributed by atoms with van der Waals surface area (Å²) in [4.78, 5) is 8.72. The zero-order valence-corrected chi connectivity index (χ0v) is 32.1. The molecule has 0 atom stereocenters. The van der Waals surface area contributed by atoms with Gasteiger partial charge in [-0.3, -0.25) is 17.3 Å². The summed E-state index contributed by atoms with van der Waals surface area (Å²) in [7, 11) is -19.7. The molecule has 0 amide bonds. The maximum absolute atomic E-state index is 14.3. The number of carbonyl (C=O) groups excluding carboxylic acids is 1. The molecule has 0 aliphatic heterocycles. The SMILES string of the molecule is CC(C)COS(=O)(=O)c1ccc(S(=O)(=O)c2ccc(C(=O)c3cc(Cl)ccc3Cl)cc2S(=O)(=O)OCC(C)C)c(S(=O)(=O)OCC(C)C)c1. The highest BCUT2D eigenvalue weighted by atomic mass is 35.5. The van der Waals surface area contributed by atoms with Crippen molar-refractivity contribution in [1.82, 2.24) is 0 Å². The highest BCUT2D eigenvalue weighted by molar-refractivity contribution is 7.94. The molecule has 0 fully saturated rings. The summed E-state index contributed by atoms with van der Waals surface area (Å²) in [5.41, 5.74) is -0.421. The van der Waals surface area contributed by atoms with Crippen LogP contribution in [0.4, 0.5) is 0 Å². The molecule has 3 rings (SSSR count). The van der Waals surface area contributed by atoms with Gasteiger partial charge in [-0.1, -0.05) is 64.7 Å². The Bertz CT molecular complexity index is 2160. The average molecular weight is 800 g/mol. The molecule has 0 aromatic heterocycles. The summed E-state index contributed by atoms with van der Waals surface area (Å²) >= 11 is 12.2. The molecule has 3 aromatic carbocycles. The van der Waals surface area contributed by atoms with Gasteiger partial charge in [0.15, 0.2) is 5.78 Å². The van der Waals surface area contributed by atoms with Crippen LogP contribution in [0.15, 0.2) is 79.1 Å². The number of ketones is 1. The van der Waals surface area contributed by atoms with E-state index in [-0.39, 0.29) is 52.1 Å². The zero-order valence-electron chi connectivity index (χ0n) is 27.3. The van der Waals surface area contributed by atoms with Gasteiger partial charge in [0, 0.05) is 16.1 Å². The Morgan fingerprint density at radius 2 is 1.02 bits per heavy atom. The Kier molecular flexibility index (Phi) is 13.3. The van der Waals surface area contributed by atoms with Crippen molar-refractivity contribution in [2.75, 3.05) is 19.8 Å². The second-order valence-corrected chi connectivity index (χ2v) is 19.6. The molecule has 0 aliphatic carbocycles. The third-order valence-corrected chi connectivity index (χ3v) is 13.0. The van der Waals surface area contributed by atoms with Gasteiger partial charge >= 0.3 is 0 Å². The van der Waals surface area contributed by atoms with Crippen molar-refractivity contribution in [2.45, 2.75) is 66.0 Å². The zero-order chi connectivity index (χ0) is 37.1. The van der Waals surface area contributed by atoms with E-state index in [4.69, 9.17) is 35.8 Å². The molecular formula is C31H36Cl2O12S4. The molecule has 0 bridgehead atoms. The normalized spacial score (nSPS) is 13.0. The number of hydrogen-bond donors (Lipinski definition) is 0. The van der Waals surface area contributed by atoms with Crippen LogP contribution in [-0.2, 0) is 52.7 Å². The van der Waals surface area contributed by atoms with E-state index >= 15 is 0 Å². The van der Waals surface area contributed by atoms with Crippen LogP contribution in [0, 0.1) is 17.8 Å². The predicted octanol–water partition coefficient (Wildman–Crippen LogP) is 6.14. The van der Waals surface area contributed by atoms with Crippen LogP contribution in [0.2, 0.25) is 10.0 Å². The van der Waals surface area contributed by atoms with Crippen molar-refractivity contribution < 1.29 is 51.0 Å². The van der Waals surface area contributed by atoms with E-state index in [1.54, 1.807) is 41.5 Å². The lowest BCUT2D eigenvalue weighted by Gasteiger charge is -2.17. The fourth-order valence-electron chi connectivity index (χ4n) is 3.95. The number of carbonyl (C=O) groups is 1. The van der Waals surface area contributed by atoms with Gasteiger partial charge in [-0.2, -0.15) is 25.3 Å². The molecule has 0 aliphatic rings. The molecule has 0 spiro atoms. The molecule has 0 saturated heterocycles. The van der Waals surface area contributed by atoms with Gasteiger partial charge in [0.1, 0.15) is 9.79 Å². The Morgan fingerprint density at radius 3 is 1.51 bits per heavy atom. The van der Waals surface area contributed by atoms with Crippen LogP contribution >= 0.6 is 23.2 Å². The second-order valence-electron chi connectivity index (χ2n) is 12.1. The molecule has 18 heteroatoms. The van der Waals surface area contributed by atoms with E-state index in [1.165, 1.54) is 18.2 Å². The van der Waals surface area contributed by atoms with E-state index in [0.717, 1.165) is 24.3 Å². The number of halogens is 2. The molecule has 12 nitrogen and oxygen atoms in total. The van der Waals surface area contributed by atoms with Crippen LogP contribution < -0.4 is 0 Å². The Hall–Kier alpha value is -2.41. The molecule has 49 heavy (non-hydrogen) atoms. The molecule has 0 heterocycles. The molecule has 270 valence electrons. The van der Waals surface area contributed by atoms with E-state index in [0.29, 0.717) is 12.1 Å². The van der Waals surface area contributed by atoms with E-state index < -0.39 is 77.1 Å². The first-order valence-corrected chi connectivity index (χ1v) is 21.2. The van der Waals surface area contributed by atoms with Gasteiger partial charge in [0.25, 0.3) is 30.4 Å². The smallest absolute Gasteiger partial charge is 0.289 e. The number of benzene rings is 3. The molecule has 0 saturated carbocycles. The van der Waals surface area contributed by atoms with Gasteiger partial charge in [0.2, 0.25) is 9.84 Å². The fourth-order valence-corrected chi connectivity index (χ4v) is 10.5. The van der Waals surface area contributed by atoms with Gasteiger partial charge in [-0.05, 0) is 72.4 Å². The van der Waals surface area contributed by atoms with Gasteiger partial charge in [0.05, 0.1) is 39.5 Å². The maximum Gasteiger partial charge on any atom is 0.298 e. The molecule has 3 aromatic rings. The first-order chi connectivity index (χ1) is 22.5. The topological polar surface area (TPSA) is 181 Å². The predicted molar refractivity (Wildman–Crippen MR) is 182 cm³/mol. The van der Waals surface area contributed by atoms with Gasteiger partial charge < -0.3 is 0 Å². The van der Waals surface area contributed by atoms with Crippen LogP contribution in [0.5, 0.6) is 0 Å². The van der Waals surface area contributed by atoms with Crippen LogP contribution in [-0.4, -0.2) is 59.3 Å². The van der Waals surface area contributed by atoms with Crippen molar-refractivity contribution in [1.29, 1.82) is 0 Å². The highest BCUT2D eigenvalue weighted by Crippen LogP contribution is 2.36. The first-order valence-electron chi connectivity index (χ1n) is 14.7. The largest absolute Gasteiger partial charge is 0.298 e. The minimum Gasteiger partial charge on any atom is -0.289 e. The van der Waals surface area contributed by atoms with Crippen molar-refractivity contribution in [3.63, 3.8) is 0 Å². The van der Waals surface area contributed by atoms with Gasteiger partial charge in [-0.15, -0.1) is 0 Å². The summed E-state index contributed by atoms with van der Waals surface area (Å²) in [5, 5.41) is 0.128. The van der Waals surface area contributed by atoms with Gasteiger partial charge in [-0.25, -0.2) is 8.42 Å². The summed E-state index contributed by atoms with van der Waals surface area (Å²) in [6.45, 7) is 8.88. The third-order valence-electron chi connectivity index (χ3n) is 6.37. The van der Waals surface area contributed by atoms with E-state index in [9.17, 15) is 38.5 Å². The lowest BCUT2D eigenvalue weighted by Crippen LogP contribution is -2.19. The van der Waals surface area contributed by atoms with Crippen LogP contribution in [0.3, 0.4) is 0 Å². The minimum absolute atomic E-state index is 0.0183. The summed E-state index contributed by atoms with van der Waals surface area (Å²) in [6, 6.07) is 8.68. The molecule has 0 N–H and O–H groups in total. The first kappa shape index (κ1) is 41.0. The van der Waals surface area contributed by atoms with Crippen molar-refractivity contribution in [3.05, 3.63) is 75.8 Å². The Balaban J connectivity index is 2.36. The van der Waals surface area contributed by atoms with Crippen molar-refractivity contribution in [2.24, 2.45) is 17.8 Å². The lowest BCUT2D eigenvalue weighted by molar-refractivity contribution is 0.103. The number of hydrogen-bond acceptors (Lipinski definition) is 12. The number of sulfone groups is 1. The summed E-state index contributed by atoms with van der Waals surface area (Å²) in [5.74, 6) is -1.70. The lowest BCUT2D eigenvalue weighted by atomic mass is 10.0. The average Bonchev–Trinajstić information content (AvgIpc) is 3.02. The van der Waals surface area contributed by atoms with Crippen molar-refractivity contribution >= 4 is 69.2 Å². The molecule has 0 unspecified atom stereocenters. The fraction of sp³-hybridized carbons (Fsp3) is 0.387. The summed E-state index contributed by atoms with van der Waals surface area (Å²) in [6.07, 6.45) is 0.